The minimum Gasteiger partial charge on any atom is -0.354 e. The molecule has 1 N–H and O–H groups in total. The average Bonchev–Trinajstić information content (AvgIpc) is 2.54. The Morgan fingerprint density at radius 2 is 2.22 bits per heavy atom. The van der Waals surface area contributed by atoms with Crippen molar-refractivity contribution in [3.63, 3.8) is 0 Å². The van der Waals surface area contributed by atoms with Gasteiger partial charge in [-0.2, -0.15) is 0 Å². The fraction of sp³-hybridized carbons (Fsp3) is 0.385. The fourth-order valence-corrected chi connectivity index (χ4v) is 1.95. The summed E-state index contributed by atoms with van der Waals surface area (Å²) < 4.78 is 13.0. The van der Waals surface area contributed by atoms with Crippen LogP contribution in [0, 0.1) is 5.82 Å². The van der Waals surface area contributed by atoms with Crippen LogP contribution in [0.25, 0.3) is 0 Å². The third-order valence-corrected chi connectivity index (χ3v) is 2.91. The van der Waals surface area contributed by atoms with Crippen LogP contribution in [0.4, 0.5) is 4.39 Å². The van der Waals surface area contributed by atoms with Gasteiger partial charge in [-0.3, -0.25) is 9.59 Å². The first-order valence-corrected chi connectivity index (χ1v) is 5.94. The number of hydrogen-bond acceptors (Lipinski definition) is 2. The molecule has 0 aliphatic carbocycles. The summed E-state index contributed by atoms with van der Waals surface area (Å²) in [4.78, 5) is 24.8. The Balaban J connectivity index is 1.97. The van der Waals surface area contributed by atoms with Crippen molar-refractivity contribution in [3.05, 3.63) is 35.6 Å². The second-order valence-corrected chi connectivity index (χ2v) is 4.29. The van der Waals surface area contributed by atoms with E-state index < -0.39 is 0 Å². The molecule has 96 valence electrons. The number of halogens is 1. The van der Waals surface area contributed by atoms with Gasteiger partial charge in [-0.05, 0) is 17.7 Å². The SMILES string of the molecule is O=C1CCN(C(=O)Cc2cccc(F)c2)CCN1. The topological polar surface area (TPSA) is 49.4 Å². The Morgan fingerprint density at radius 1 is 1.39 bits per heavy atom. The normalized spacial score (nSPS) is 16.1. The highest BCUT2D eigenvalue weighted by atomic mass is 19.1. The molecule has 1 aromatic carbocycles. The third kappa shape index (κ3) is 3.29. The van der Waals surface area contributed by atoms with Crippen molar-refractivity contribution in [1.82, 2.24) is 10.2 Å². The smallest absolute Gasteiger partial charge is 0.227 e. The molecule has 0 unspecified atom stereocenters. The van der Waals surface area contributed by atoms with Crippen molar-refractivity contribution in [3.8, 4) is 0 Å². The average molecular weight is 250 g/mol. The van der Waals surface area contributed by atoms with Gasteiger partial charge < -0.3 is 10.2 Å². The molecule has 0 bridgehead atoms. The number of nitrogens with one attached hydrogen (secondary N) is 1. The highest BCUT2D eigenvalue weighted by Crippen LogP contribution is 2.07. The van der Waals surface area contributed by atoms with Crippen molar-refractivity contribution in [2.24, 2.45) is 0 Å². The summed E-state index contributed by atoms with van der Waals surface area (Å²) in [5.41, 5.74) is 0.656. The minimum atomic E-state index is -0.340. The van der Waals surface area contributed by atoms with Gasteiger partial charge >= 0.3 is 0 Å². The van der Waals surface area contributed by atoms with Crippen LogP contribution >= 0.6 is 0 Å². The van der Waals surface area contributed by atoms with Gasteiger partial charge in [0.05, 0.1) is 6.42 Å². The highest BCUT2D eigenvalue weighted by Gasteiger charge is 2.18. The van der Waals surface area contributed by atoms with Gasteiger partial charge in [0.15, 0.2) is 0 Å². The number of carbonyl (C=O) groups excluding carboxylic acids is 2. The fourth-order valence-electron chi connectivity index (χ4n) is 1.95. The molecule has 1 saturated heterocycles. The molecule has 1 aromatic rings. The third-order valence-electron chi connectivity index (χ3n) is 2.91. The van der Waals surface area contributed by atoms with Gasteiger partial charge in [-0.15, -0.1) is 0 Å². The van der Waals surface area contributed by atoms with E-state index in [1.165, 1.54) is 12.1 Å². The van der Waals surface area contributed by atoms with E-state index in [0.29, 0.717) is 31.6 Å². The van der Waals surface area contributed by atoms with Gasteiger partial charge in [-0.1, -0.05) is 12.1 Å². The summed E-state index contributed by atoms with van der Waals surface area (Å²) in [6.45, 7) is 1.42. The van der Waals surface area contributed by atoms with Crippen LogP contribution in [-0.4, -0.2) is 36.3 Å². The lowest BCUT2D eigenvalue weighted by molar-refractivity contribution is -0.130. The highest BCUT2D eigenvalue weighted by molar-refractivity contribution is 5.81. The first kappa shape index (κ1) is 12.5. The maximum Gasteiger partial charge on any atom is 0.227 e. The largest absolute Gasteiger partial charge is 0.354 e. The van der Waals surface area contributed by atoms with Crippen molar-refractivity contribution < 1.29 is 14.0 Å². The van der Waals surface area contributed by atoms with Crippen LogP contribution < -0.4 is 5.32 Å². The van der Waals surface area contributed by atoms with Crippen molar-refractivity contribution in [1.29, 1.82) is 0 Å². The van der Waals surface area contributed by atoms with Gasteiger partial charge in [0.1, 0.15) is 5.82 Å². The summed E-state index contributed by atoms with van der Waals surface area (Å²) in [6, 6.07) is 6.02. The molecule has 1 fully saturated rings. The molecule has 4 nitrogen and oxygen atoms in total. The van der Waals surface area contributed by atoms with Crippen LogP contribution in [-0.2, 0) is 16.0 Å². The Kier molecular flexibility index (Phi) is 3.92. The Hall–Kier alpha value is -1.91. The summed E-state index contributed by atoms with van der Waals surface area (Å²) >= 11 is 0. The van der Waals surface area contributed by atoms with E-state index in [4.69, 9.17) is 0 Å². The van der Waals surface area contributed by atoms with E-state index in [2.05, 4.69) is 5.32 Å². The van der Waals surface area contributed by atoms with Gasteiger partial charge in [0.2, 0.25) is 11.8 Å². The molecule has 2 rings (SSSR count). The van der Waals surface area contributed by atoms with Crippen LogP contribution in [0.1, 0.15) is 12.0 Å². The maximum absolute atomic E-state index is 13.0. The zero-order chi connectivity index (χ0) is 13.0. The summed E-state index contributed by atoms with van der Waals surface area (Å²) in [7, 11) is 0. The maximum atomic E-state index is 13.0. The van der Waals surface area contributed by atoms with Crippen LogP contribution in [0.2, 0.25) is 0 Å². The first-order chi connectivity index (χ1) is 8.65. The number of carbonyl (C=O) groups is 2. The van der Waals surface area contributed by atoms with E-state index in [1.54, 1.807) is 17.0 Å². The first-order valence-electron chi connectivity index (χ1n) is 5.94. The van der Waals surface area contributed by atoms with Crippen LogP contribution in [0.15, 0.2) is 24.3 Å². The van der Waals surface area contributed by atoms with Crippen molar-refractivity contribution in [2.45, 2.75) is 12.8 Å². The zero-order valence-corrected chi connectivity index (χ0v) is 9.99. The second kappa shape index (κ2) is 5.62. The molecule has 5 heteroatoms. The van der Waals surface area contributed by atoms with Gasteiger partial charge in [0.25, 0.3) is 0 Å². The van der Waals surface area contributed by atoms with Gasteiger partial charge in [0, 0.05) is 26.1 Å². The molecule has 0 radical (unpaired) electrons. The van der Waals surface area contributed by atoms with Crippen LogP contribution in [0.5, 0.6) is 0 Å². The van der Waals surface area contributed by atoms with Crippen molar-refractivity contribution in [2.75, 3.05) is 19.6 Å². The van der Waals surface area contributed by atoms with E-state index in [-0.39, 0.29) is 24.1 Å². The molecule has 1 heterocycles. The predicted molar refractivity (Wildman–Crippen MR) is 64.3 cm³/mol. The monoisotopic (exact) mass is 250 g/mol. The summed E-state index contributed by atoms with van der Waals surface area (Å²) in [6.07, 6.45) is 0.501. The lowest BCUT2D eigenvalue weighted by atomic mass is 10.1. The number of hydrogen-bond donors (Lipinski definition) is 1. The Labute approximate surface area is 105 Å². The number of nitrogens with zero attached hydrogens (tertiary/aromatic N) is 1. The van der Waals surface area contributed by atoms with Gasteiger partial charge in [-0.25, -0.2) is 4.39 Å². The molecule has 1 aliphatic heterocycles. The van der Waals surface area contributed by atoms with E-state index in [1.807, 2.05) is 0 Å². The van der Waals surface area contributed by atoms with Crippen molar-refractivity contribution >= 4 is 11.8 Å². The molecular weight excluding hydrogens is 235 g/mol. The molecule has 18 heavy (non-hydrogen) atoms. The Bertz CT molecular complexity index is 462. The molecule has 0 saturated carbocycles. The molecular formula is C13H15FN2O2. The zero-order valence-electron chi connectivity index (χ0n) is 9.99. The lowest BCUT2D eigenvalue weighted by Crippen LogP contribution is -2.35. The molecule has 0 spiro atoms. The minimum absolute atomic E-state index is 0.0314. The summed E-state index contributed by atoms with van der Waals surface area (Å²) in [5.74, 6) is -0.443. The number of amides is 2. The molecule has 2 amide bonds. The summed E-state index contributed by atoms with van der Waals surface area (Å²) in [5, 5.41) is 2.71. The van der Waals surface area contributed by atoms with E-state index >= 15 is 0 Å². The molecule has 0 atom stereocenters. The number of benzene rings is 1. The van der Waals surface area contributed by atoms with E-state index in [9.17, 15) is 14.0 Å². The number of rotatable bonds is 2. The Morgan fingerprint density at radius 3 is 3.00 bits per heavy atom. The standard InChI is InChI=1S/C13H15FN2O2/c14-11-3-1-2-10(8-11)9-13(18)16-6-4-12(17)15-5-7-16/h1-3,8H,4-7,9H2,(H,15,17). The lowest BCUT2D eigenvalue weighted by Gasteiger charge is -2.19. The predicted octanol–water partition coefficient (Wildman–Crippen LogP) is 0.717. The quantitative estimate of drug-likeness (QED) is 0.840. The second-order valence-electron chi connectivity index (χ2n) is 4.29. The van der Waals surface area contributed by atoms with E-state index in [0.717, 1.165) is 0 Å². The molecule has 0 aromatic heterocycles. The van der Waals surface area contributed by atoms with Crippen LogP contribution in [0.3, 0.4) is 0 Å². The molecule has 1 aliphatic rings.